The van der Waals surface area contributed by atoms with Gasteiger partial charge in [0.2, 0.25) is 0 Å². The lowest BCUT2D eigenvalue weighted by Gasteiger charge is -2.55. The number of hydrogen-bond acceptors (Lipinski definition) is 3. The normalized spacial score (nSPS) is 55.0. The highest BCUT2D eigenvalue weighted by atomic mass is 32.1. The lowest BCUT2D eigenvalue weighted by atomic mass is 9.49. The summed E-state index contributed by atoms with van der Waals surface area (Å²) in [5, 5.41) is 0. The first-order valence-corrected chi connectivity index (χ1v) is 9.59. The maximum atomic E-state index is 14.2. The second-order valence-corrected chi connectivity index (χ2v) is 9.48. The Morgan fingerprint density at radius 3 is 2.67 bits per heavy atom. The zero-order chi connectivity index (χ0) is 17.0. The minimum absolute atomic E-state index is 0.0339. The highest BCUT2D eigenvalue weighted by Crippen LogP contribution is 2.70. The number of carbonyl (C=O) groups is 2. The van der Waals surface area contributed by atoms with Crippen LogP contribution in [0.15, 0.2) is 22.6 Å². The summed E-state index contributed by atoms with van der Waals surface area (Å²) >= 11 is 4.56. The summed E-state index contributed by atoms with van der Waals surface area (Å²) in [6, 6.07) is 0. The van der Waals surface area contributed by atoms with Crippen molar-refractivity contribution >= 4 is 24.2 Å². The summed E-state index contributed by atoms with van der Waals surface area (Å²) < 4.78 is 14.2. The van der Waals surface area contributed by atoms with Crippen LogP contribution in [-0.4, -0.2) is 17.7 Å². The van der Waals surface area contributed by atoms with Gasteiger partial charge in [-0.15, -0.1) is 12.6 Å². The molecule has 0 amide bonds. The zero-order valence-corrected chi connectivity index (χ0v) is 15.0. The number of allylic oxidation sites excluding steroid dienone is 4. The molecule has 3 fully saturated rings. The molecule has 0 radical (unpaired) electrons. The van der Waals surface area contributed by atoms with Gasteiger partial charge in [0.05, 0.1) is 4.91 Å². The molecule has 0 N–H and O–H groups in total. The fourth-order valence-corrected chi connectivity index (χ4v) is 7.25. The first-order valence-electron chi connectivity index (χ1n) is 9.14. The van der Waals surface area contributed by atoms with Gasteiger partial charge in [0.15, 0.2) is 17.7 Å². The molecular formula is C20H23FO2S. The Morgan fingerprint density at radius 2 is 1.92 bits per heavy atom. The Kier molecular flexibility index (Phi) is 2.84. The molecule has 5 rings (SSSR count). The van der Waals surface area contributed by atoms with Crippen molar-refractivity contribution in [3.63, 3.8) is 0 Å². The minimum Gasteiger partial charge on any atom is -0.296 e. The molecule has 3 saturated carbocycles. The second kappa shape index (κ2) is 4.44. The topological polar surface area (TPSA) is 34.1 Å². The van der Waals surface area contributed by atoms with E-state index in [0.717, 1.165) is 24.8 Å². The number of rotatable bonds is 0. The summed E-state index contributed by atoms with van der Waals surface area (Å²) in [6.45, 7) is 4.27. The number of carbonyl (C=O) groups excluding carboxylic acids is 2. The van der Waals surface area contributed by atoms with Crippen LogP contribution in [0, 0.1) is 40.4 Å². The number of alkyl halides is 1. The van der Waals surface area contributed by atoms with Crippen LogP contribution in [0.25, 0.3) is 0 Å². The first kappa shape index (κ1) is 15.4. The Hall–Kier alpha value is -0.900. The monoisotopic (exact) mass is 346 g/mol. The van der Waals surface area contributed by atoms with E-state index >= 15 is 0 Å². The van der Waals surface area contributed by atoms with Gasteiger partial charge < -0.3 is 0 Å². The summed E-state index contributed by atoms with van der Waals surface area (Å²) in [5.41, 5.74) is 0.564. The fourth-order valence-electron chi connectivity index (χ4n) is 6.77. The van der Waals surface area contributed by atoms with E-state index in [1.807, 2.05) is 6.92 Å². The van der Waals surface area contributed by atoms with Gasteiger partial charge in [-0.3, -0.25) is 9.59 Å². The van der Waals surface area contributed by atoms with Crippen LogP contribution in [0.2, 0.25) is 0 Å². The summed E-state index contributed by atoms with van der Waals surface area (Å²) in [7, 11) is 0. The molecule has 5 aliphatic carbocycles. The average Bonchev–Trinajstić information content (AvgIpc) is 3.32. The molecule has 24 heavy (non-hydrogen) atoms. The standard InChI is InChI=1S/C20H23FO2S/c1-19-6-5-11-9(13(19)8-15(21)18(19)23)3-4-12-17(24)16(22)10-7-14(10)20(11,12)2/h3-4,9-11,13-15,24H,5-8H2,1-2H3/t9-,10+,11+,13+,14?,15-,19+,20-/m1/s1. The number of hydrogen-bond donors (Lipinski definition) is 1. The molecule has 0 spiro atoms. The molecule has 2 nitrogen and oxygen atoms in total. The maximum Gasteiger partial charge on any atom is 0.173 e. The van der Waals surface area contributed by atoms with E-state index in [0.29, 0.717) is 23.2 Å². The third-order valence-corrected chi connectivity index (χ3v) is 8.71. The maximum absolute atomic E-state index is 14.2. The van der Waals surface area contributed by atoms with E-state index in [1.165, 1.54) is 0 Å². The molecule has 1 unspecified atom stereocenters. The highest BCUT2D eigenvalue weighted by molar-refractivity contribution is 7.85. The third-order valence-electron chi connectivity index (χ3n) is 8.25. The van der Waals surface area contributed by atoms with Crippen LogP contribution in [0.4, 0.5) is 4.39 Å². The van der Waals surface area contributed by atoms with E-state index in [2.05, 4.69) is 31.7 Å². The Labute approximate surface area is 147 Å². The minimum atomic E-state index is -1.29. The number of halogens is 1. The van der Waals surface area contributed by atoms with Gasteiger partial charge in [-0.25, -0.2) is 4.39 Å². The molecule has 8 atom stereocenters. The van der Waals surface area contributed by atoms with Crippen molar-refractivity contribution in [2.45, 2.75) is 45.7 Å². The van der Waals surface area contributed by atoms with E-state index < -0.39 is 11.6 Å². The summed E-state index contributed by atoms with van der Waals surface area (Å²) in [5.74, 6) is 1.34. The van der Waals surface area contributed by atoms with Gasteiger partial charge in [0, 0.05) is 16.7 Å². The van der Waals surface area contributed by atoms with Crippen LogP contribution >= 0.6 is 12.6 Å². The van der Waals surface area contributed by atoms with Crippen LogP contribution in [-0.2, 0) is 9.59 Å². The predicted molar refractivity (Wildman–Crippen MR) is 92.2 cm³/mol. The van der Waals surface area contributed by atoms with Crippen molar-refractivity contribution in [1.82, 2.24) is 0 Å². The zero-order valence-electron chi connectivity index (χ0n) is 14.1. The summed E-state index contributed by atoms with van der Waals surface area (Å²) in [6.07, 6.45) is 6.02. The Balaban J connectivity index is 1.63. The van der Waals surface area contributed by atoms with Crippen LogP contribution in [0.5, 0.6) is 0 Å². The van der Waals surface area contributed by atoms with Crippen molar-refractivity contribution in [1.29, 1.82) is 0 Å². The second-order valence-electron chi connectivity index (χ2n) is 9.03. The van der Waals surface area contributed by atoms with E-state index in [9.17, 15) is 14.0 Å². The molecule has 0 aromatic heterocycles. The molecule has 0 aliphatic heterocycles. The SMILES string of the molecule is C[C@]12CC[C@H]3[C@@H](C=CC4=C(S)C(=O)[C@H]5CC5[C@@]43C)[C@@H]1C[C@@H](F)C2=O. The van der Waals surface area contributed by atoms with Gasteiger partial charge in [0.25, 0.3) is 0 Å². The van der Waals surface area contributed by atoms with Crippen molar-refractivity contribution < 1.29 is 14.0 Å². The van der Waals surface area contributed by atoms with Gasteiger partial charge >= 0.3 is 0 Å². The summed E-state index contributed by atoms with van der Waals surface area (Å²) in [4.78, 5) is 25.4. The largest absolute Gasteiger partial charge is 0.296 e. The molecule has 0 aromatic rings. The Morgan fingerprint density at radius 1 is 1.17 bits per heavy atom. The van der Waals surface area contributed by atoms with Crippen LogP contribution < -0.4 is 0 Å². The molecule has 4 heteroatoms. The Bertz CT molecular complexity index is 740. The van der Waals surface area contributed by atoms with Crippen molar-refractivity contribution in [2.75, 3.05) is 0 Å². The van der Waals surface area contributed by atoms with Crippen molar-refractivity contribution in [2.24, 2.45) is 40.4 Å². The fraction of sp³-hybridized carbons (Fsp3) is 0.700. The highest BCUT2D eigenvalue weighted by Gasteiger charge is 2.67. The lowest BCUT2D eigenvalue weighted by Crippen LogP contribution is -2.50. The quantitative estimate of drug-likeness (QED) is 0.675. The van der Waals surface area contributed by atoms with E-state index in [1.54, 1.807) is 0 Å². The van der Waals surface area contributed by atoms with E-state index in [4.69, 9.17) is 0 Å². The van der Waals surface area contributed by atoms with Crippen LogP contribution in [0.3, 0.4) is 0 Å². The molecule has 0 bridgehead atoms. The molecule has 0 heterocycles. The van der Waals surface area contributed by atoms with Gasteiger partial charge in [-0.05, 0) is 54.9 Å². The predicted octanol–water partition coefficient (Wildman–Crippen LogP) is 3.92. The smallest absolute Gasteiger partial charge is 0.173 e. The number of thiol groups is 1. The molecule has 5 aliphatic rings. The number of ketones is 2. The third kappa shape index (κ3) is 1.55. The molecule has 0 saturated heterocycles. The van der Waals surface area contributed by atoms with Crippen LogP contribution in [0.1, 0.15) is 39.5 Å². The van der Waals surface area contributed by atoms with E-state index in [-0.39, 0.29) is 34.7 Å². The van der Waals surface area contributed by atoms with Crippen molar-refractivity contribution in [3.8, 4) is 0 Å². The average molecular weight is 346 g/mol. The first-order chi connectivity index (χ1) is 11.3. The lowest BCUT2D eigenvalue weighted by molar-refractivity contribution is -0.133. The van der Waals surface area contributed by atoms with Gasteiger partial charge in [0.1, 0.15) is 0 Å². The number of fused-ring (bicyclic) bond motifs is 7. The van der Waals surface area contributed by atoms with Gasteiger partial charge in [-0.1, -0.05) is 26.0 Å². The molecule has 128 valence electrons. The molecular weight excluding hydrogens is 323 g/mol. The number of Topliss-reactive ketones (excluding diaryl/α,β-unsaturated/α-hetero) is 2. The van der Waals surface area contributed by atoms with Gasteiger partial charge in [-0.2, -0.15) is 0 Å². The van der Waals surface area contributed by atoms with Crippen molar-refractivity contribution in [3.05, 3.63) is 22.6 Å². The molecule has 0 aromatic carbocycles.